The summed E-state index contributed by atoms with van der Waals surface area (Å²) in [7, 11) is -3.38. The molecule has 1 rings (SSSR count). The molecule has 0 aliphatic rings. The molecule has 7 heteroatoms. The molecule has 0 spiro atoms. The smallest absolute Gasteiger partial charge is 0.242 e. The second-order valence-corrected chi connectivity index (χ2v) is 6.91. The number of aromatic nitrogens is 1. The highest BCUT2D eigenvalue weighted by Gasteiger charge is 2.23. The molecule has 1 atom stereocenters. The number of hydrogen-bond donors (Lipinski definition) is 1. The van der Waals surface area contributed by atoms with Gasteiger partial charge in [0.25, 0.3) is 0 Å². The Morgan fingerprint density at radius 2 is 2.12 bits per heavy atom. The Kier molecular flexibility index (Phi) is 4.26. The summed E-state index contributed by atoms with van der Waals surface area (Å²) in [6.45, 7) is 3.18. The first-order chi connectivity index (χ1) is 7.71. The molecule has 0 fully saturated rings. The molecule has 1 amide bonds. The minimum atomic E-state index is -3.38. The molecule has 1 unspecified atom stereocenters. The summed E-state index contributed by atoms with van der Waals surface area (Å²) in [4.78, 5) is 15.6. The van der Waals surface area contributed by atoms with Crippen molar-refractivity contribution in [2.24, 2.45) is 0 Å². The van der Waals surface area contributed by atoms with Gasteiger partial charge in [0.1, 0.15) is 9.85 Å². The van der Waals surface area contributed by atoms with Crippen LogP contribution in [-0.4, -0.2) is 30.8 Å². The molecule has 0 radical (unpaired) electrons. The van der Waals surface area contributed by atoms with Crippen molar-refractivity contribution in [1.82, 2.24) is 4.98 Å². The Morgan fingerprint density at radius 3 is 2.59 bits per heavy atom. The van der Waals surface area contributed by atoms with Crippen molar-refractivity contribution in [3.63, 3.8) is 0 Å². The monoisotopic (exact) mass is 320 g/mol. The predicted octanol–water partition coefficient (Wildman–Crippen LogP) is 1.52. The summed E-state index contributed by atoms with van der Waals surface area (Å²) >= 11 is 3.24. The van der Waals surface area contributed by atoms with E-state index >= 15 is 0 Å². The summed E-state index contributed by atoms with van der Waals surface area (Å²) in [5, 5.41) is 1.44. The Morgan fingerprint density at radius 1 is 1.53 bits per heavy atom. The molecule has 5 nitrogen and oxygen atoms in total. The maximum Gasteiger partial charge on any atom is 0.242 e. The van der Waals surface area contributed by atoms with Gasteiger partial charge >= 0.3 is 0 Å². The van der Waals surface area contributed by atoms with Crippen LogP contribution in [0, 0.1) is 6.92 Å². The first-order valence-corrected chi connectivity index (χ1v) is 7.58. The minimum absolute atomic E-state index is 0.478. The zero-order valence-corrected chi connectivity index (χ0v) is 12.1. The molecule has 0 aliphatic heterocycles. The fourth-order valence-corrected chi connectivity index (χ4v) is 1.73. The van der Waals surface area contributed by atoms with Crippen LogP contribution in [0.3, 0.4) is 0 Å². The van der Waals surface area contributed by atoms with Crippen molar-refractivity contribution >= 4 is 37.4 Å². The Balaban J connectivity index is 2.85. The third-order valence-corrected chi connectivity index (χ3v) is 4.62. The number of nitrogens with zero attached hydrogens (tertiary/aromatic N) is 1. The molecule has 17 heavy (non-hydrogen) atoms. The lowest BCUT2D eigenvalue weighted by Crippen LogP contribution is -2.31. The van der Waals surface area contributed by atoms with Gasteiger partial charge in [0.15, 0.2) is 9.84 Å². The number of anilines is 1. The number of halogens is 1. The van der Waals surface area contributed by atoms with Crippen LogP contribution in [0.25, 0.3) is 0 Å². The van der Waals surface area contributed by atoms with E-state index in [2.05, 4.69) is 26.2 Å². The van der Waals surface area contributed by atoms with Crippen molar-refractivity contribution in [2.45, 2.75) is 19.1 Å². The zero-order chi connectivity index (χ0) is 13.2. The molecule has 0 bridgehead atoms. The fraction of sp³-hybridized carbons (Fsp3) is 0.400. The van der Waals surface area contributed by atoms with Gasteiger partial charge in [-0.2, -0.15) is 0 Å². The van der Waals surface area contributed by atoms with Gasteiger partial charge in [0, 0.05) is 6.26 Å². The lowest BCUT2D eigenvalue weighted by atomic mass is 10.3. The average Bonchev–Trinajstić information content (AvgIpc) is 2.21. The summed E-state index contributed by atoms with van der Waals surface area (Å²) in [5.41, 5.74) is 1.33. The van der Waals surface area contributed by atoms with Crippen LogP contribution < -0.4 is 5.32 Å². The largest absolute Gasteiger partial charge is 0.324 e. The first-order valence-electron chi connectivity index (χ1n) is 4.83. The molecule has 0 aliphatic carbocycles. The maximum absolute atomic E-state index is 11.6. The van der Waals surface area contributed by atoms with Crippen LogP contribution in [0.4, 0.5) is 5.69 Å². The van der Waals surface area contributed by atoms with Crippen LogP contribution >= 0.6 is 15.9 Å². The van der Waals surface area contributed by atoms with Crippen LogP contribution in [0.5, 0.6) is 0 Å². The number of pyridine rings is 1. The number of sulfone groups is 1. The molecule has 1 N–H and O–H groups in total. The Bertz CT molecular complexity index is 542. The van der Waals surface area contributed by atoms with Crippen molar-refractivity contribution in [2.75, 3.05) is 11.6 Å². The molecule has 0 aromatic carbocycles. The highest BCUT2D eigenvalue weighted by Crippen LogP contribution is 2.17. The van der Waals surface area contributed by atoms with E-state index in [9.17, 15) is 13.2 Å². The highest BCUT2D eigenvalue weighted by molar-refractivity contribution is 9.10. The third-order valence-electron chi connectivity index (χ3n) is 2.29. The number of aryl methyl sites for hydroxylation is 1. The standard InChI is InChI=1S/C10H13BrN2O3S/c1-6-4-8(5-12-9(6)11)13-10(14)7(2)17(3,15)16/h4-5,7H,1-3H3,(H,13,14). The molecule has 0 saturated heterocycles. The second kappa shape index (κ2) is 5.14. The number of carbonyl (C=O) groups is 1. The van der Waals surface area contributed by atoms with Crippen LogP contribution in [0.1, 0.15) is 12.5 Å². The van der Waals surface area contributed by atoms with Gasteiger partial charge in [-0.05, 0) is 41.4 Å². The van der Waals surface area contributed by atoms with E-state index in [1.165, 1.54) is 13.1 Å². The number of carbonyl (C=O) groups excluding carboxylic acids is 1. The van der Waals surface area contributed by atoms with Crippen molar-refractivity contribution in [1.29, 1.82) is 0 Å². The highest BCUT2D eigenvalue weighted by atomic mass is 79.9. The zero-order valence-electron chi connectivity index (χ0n) is 9.69. The van der Waals surface area contributed by atoms with E-state index in [0.29, 0.717) is 10.3 Å². The van der Waals surface area contributed by atoms with Crippen molar-refractivity contribution in [3.8, 4) is 0 Å². The van der Waals surface area contributed by atoms with Crippen LogP contribution in [-0.2, 0) is 14.6 Å². The molecular formula is C10H13BrN2O3S. The molecule has 94 valence electrons. The van der Waals surface area contributed by atoms with Crippen LogP contribution in [0.2, 0.25) is 0 Å². The average molecular weight is 321 g/mol. The van der Waals surface area contributed by atoms with E-state index in [0.717, 1.165) is 11.8 Å². The number of nitrogens with one attached hydrogen (secondary N) is 1. The van der Waals surface area contributed by atoms with Gasteiger partial charge in [-0.15, -0.1) is 0 Å². The third kappa shape index (κ3) is 3.78. The van der Waals surface area contributed by atoms with Gasteiger partial charge in [0.2, 0.25) is 5.91 Å². The van der Waals surface area contributed by atoms with Gasteiger partial charge in [-0.3, -0.25) is 4.79 Å². The second-order valence-electron chi connectivity index (χ2n) is 3.79. The topological polar surface area (TPSA) is 76.1 Å². The van der Waals surface area contributed by atoms with Gasteiger partial charge in [0.05, 0.1) is 11.9 Å². The lowest BCUT2D eigenvalue weighted by Gasteiger charge is -2.10. The summed E-state index contributed by atoms with van der Waals surface area (Å²) in [5.74, 6) is -0.559. The maximum atomic E-state index is 11.6. The Hall–Kier alpha value is -0.950. The summed E-state index contributed by atoms with van der Waals surface area (Å²) in [6, 6.07) is 1.71. The molecule has 0 saturated carbocycles. The quantitative estimate of drug-likeness (QED) is 0.857. The summed E-state index contributed by atoms with van der Waals surface area (Å²) < 4.78 is 23.1. The molecule has 1 heterocycles. The van der Waals surface area contributed by atoms with E-state index in [1.807, 2.05) is 6.92 Å². The number of rotatable bonds is 3. The molecule has 1 aromatic rings. The predicted molar refractivity (Wildman–Crippen MR) is 69.6 cm³/mol. The Labute approximate surface area is 109 Å². The van der Waals surface area contributed by atoms with E-state index in [1.54, 1.807) is 6.07 Å². The SMILES string of the molecule is Cc1cc(NC(=O)C(C)S(C)(=O)=O)cnc1Br. The molecular weight excluding hydrogens is 308 g/mol. The normalized spacial score (nSPS) is 13.2. The van der Waals surface area contributed by atoms with Crippen molar-refractivity contribution in [3.05, 3.63) is 22.4 Å². The number of amides is 1. The molecule has 1 aromatic heterocycles. The van der Waals surface area contributed by atoms with Gasteiger partial charge in [-0.1, -0.05) is 0 Å². The van der Waals surface area contributed by atoms with E-state index < -0.39 is 21.0 Å². The summed E-state index contributed by atoms with van der Waals surface area (Å²) in [6.07, 6.45) is 2.49. The lowest BCUT2D eigenvalue weighted by molar-refractivity contribution is -0.115. The van der Waals surface area contributed by atoms with Crippen LogP contribution in [0.15, 0.2) is 16.9 Å². The fourth-order valence-electron chi connectivity index (χ4n) is 1.06. The van der Waals surface area contributed by atoms with E-state index in [-0.39, 0.29) is 0 Å². The van der Waals surface area contributed by atoms with Gasteiger partial charge < -0.3 is 5.32 Å². The minimum Gasteiger partial charge on any atom is -0.324 e. The van der Waals surface area contributed by atoms with Gasteiger partial charge in [-0.25, -0.2) is 13.4 Å². The van der Waals surface area contributed by atoms with E-state index in [4.69, 9.17) is 0 Å². The van der Waals surface area contributed by atoms with Crippen molar-refractivity contribution < 1.29 is 13.2 Å². The number of hydrogen-bond acceptors (Lipinski definition) is 4. The first kappa shape index (κ1) is 14.1.